The van der Waals surface area contributed by atoms with Crippen LogP contribution in [0.3, 0.4) is 0 Å². The first-order chi connectivity index (χ1) is 23.7. The molecule has 0 aliphatic heterocycles. The van der Waals surface area contributed by atoms with Gasteiger partial charge in [-0.3, -0.25) is 0 Å². The van der Waals surface area contributed by atoms with E-state index in [0.29, 0.717) is 24.9 Å². The van der Waals surface area contributed by atoms with Crippen molar-refractivity contribution in [2.45, 2.75) is 166 Å². The first-order valence-electron chi connectivity index (χ1n) is 20.4. The Morgan fingerprint density at radius 2 is 1.35 bits per heavy atom. The van der Waals surface area contributed by atoms with Crippen LogP contribution in [0.5, 0.6) is 0 Å². The average Bonchev–Trinajstić information content (AvgIpc) is 3.03. The molecule has 52 heavy (non-hydrogen) atoms. The molecule has 0 heterocycles. The predicted molar refractivity (Wildman–Crippen MR) is 241 cm³/mol. The standard InChI is InChI=1S/C47H87NO2S2/c1-20-22-26-36(3)43(12,13)34-47(19,41(8)50-32-31-49-39(6)40(7)52)45(16,17)44(14,15)35-46(18,42(9,10)11)37(4)27-24-25-29-48(30-33-51)38(5)28-23-21-2/h21,36,40,51-52H,2,4-6,8,20,22-35H2,1,3,7,9-19H3. The topological polar surface area (TPSA) is 21.7 Å². The highest BCUT2D eigenvalue weighted by atomic mass is 32.1. The molecule has 304 valence electrons. The first kappa shape index (κ1) is 50.8. The SMILES string of the molecule is C=CCCC(=C)N(CCS)CCCCC(=C)C(C)(CC(C)(C)C(C)(C)C(C)(CC(C)(C)C(C)CCCC)C(=C)OCCOC(=C)C(C)S)C(C)(C)C. The van der Waals surface area contributed by atoms with Crippen LogP contribution < -0.4 is 0 Å². The van der Waals surface area contributed by atoms with Gasteiger partial charge < -0.3 is 14.4 Å². The van der Waals surface area contributed by atoms with E-state index in [9.17, 15) is 0 Å². The summed E-state index contributed by atoms with van der Waals surface area (Å²) in [4.78, 5) is 2.41. The highest BCUT2D eigenvalue weighted by Gasteiger charge is 2.57. The lowest BCUT2D eigenvalue weighted by Gasteiger charge is -2.60. The average molecular weight is 762 g/mol. The lowest BCUT2D eigenvalue weighted by molar-refractivity contribution is -0.0970. The summed E-state index contributed by atoms with van der Waals surface area (Å²) in [5.41, 5.74) is 1.97. The maximum absolute atomic E-state index is 6.59. The maximum Gasteiger partial charge on any atom is 0.122 e. The number of ether oxygens (including phenoxy) is 2. The van der Waals surface area contributed by atoms with Gasteiger partial charge in [-0.25, -0.2) is 0 Å². The van der Waals surface area contributed by atoms with Crippen molar-refractivity contribution < 1.29 is 9.47 Å². The quantitative estimate of drug-likeness (QED) is 0.0343. The third-order valence-electron chi connectivity index (χ3n) is 13.8. The van der Waals surface area contributed by atoms with Crippen molar-refractivity contribution >= 4 is 25.3 Å². The van der Waals surface area contributed by atoms with Gasteiger partial charge in [0.25, 0.3) is 0 Å². The Labute approximate surface area is 336 Å². The molecule has 4 unspecified atom stereocenters. The second-order valence-electron chi connectivity index (χ2n) is 19.2. The highest BCUT2D eigenvalue weighted by Crippen LogP contribution is 2.64. The second kappa shape index (κ2) is 21.8. The molecule has 0 amide bonds. The fraction of sp³-hybridized carbons (Fsp3) is 0.787. The number of nitrogens with zero attached hydrogens (tertiary/aromatic N) is 1. The van der Waals surface area contributed by atoms with Gasteiger partial charge in [-0.1, -0.05) is 147 Å². The molecule has 4 atom stereocenters. The summed E-state index contributed by atoms with van der Waals surface area (Å²) in [6.07, 6.45) is 12.8. The number of hydrogen-bond donors (Lipinski definition) is 2. The van der Waals surface area contributed by atoms with E-state index >= 15 is 0 Å². The van der Waals surface area contributed by atoms with E-state index in [1.54, 1.807) is 0 Å². The van der Waals surface area contributed by atoms with Crippen LogP contribution in [0, 0.1) is 38.4 Å². The fourth-order valence-corrected chi connectivity index (χ4v) is 8.25. The summed E-state index contributed by atoms with van der Waals surface area (Å²) in [6.45, 7) is 58.2. The van der Waals surface area contributed by atoms with Crippen molar-refractivity contribution in [3.05, 3.63) is 61.8 Å². The Balaban J connectivity index is 6.50. The second-order valence-corrected chi connectivity index (χ2v) is 20.5. The van der Waals surface area contributed by atoms with Crippen molar-refractivity contribution in [1.82, 2.24) is 4.90 Å². The molecule has 0 fully saturated rings. The first-order valence-corrected chi connectivity index (χ1v) is 21.5. The van der Waals surface area contributed by atoms with Crippen LogP contribution in [0.2, 0.25) is 0 Å². The molecule has 0 aromatic carbocycles. The number of allylic oxidation sites excluding steroid dienone is 4. The molecule has 0 spiro atoms. The molecule has 0 aliphatic rings. The molecule has 5 heteroatoms. The summed E-state index contributed by atoms with van der Waals surface area (Å²) in [5.74, 6) is 2.92. The number of thiol groups is 2. The summed E-state index contributed by atoms with van der Waals surface area (Å²) in [6, 6.07) is 0. The maximum atomic E-state index is 6.59. The van der Waals surface area contributed by atoms with Crippen LogP contribution in [0.25, 0.3) is 0 Å². The lowest BCUT2D eigenvalue weighted by Crippen LogP contribution is -2.52. The molecular weight excluding hydrogens is 675 g/mol. The van der Waals surface area contributed by atoms with Crippen LogP contribution in [0.15, 0.2) is 61.8 Å². The van der Waals surface area contributed by atoms with Crippen molar-refractivity contribution in [3.63, 3.8) is 0 Å². The van der Waals surface area contributed by atoms with E-state index in [1.165, 1.54) is 30.5 Å². The Hall–Kier alpha value is -1.20. The van der Waals surface area contributed by atoms with E-state index in [1.807, 2.05) is 13.0 Å². The zero-order valence-corrected chi connectivity index (χ0v) is 38.8. The van der Waals surface area contributed by atoms with Crippen molar-refractivity contribution in [2.24, 2.45) is 38.4 Å². The van der Waals surface area contributed by atoms with Crippen LogP contribution in [-0.4, -0.2) is 42.2 Å². The van der Waals surface area contributed by atoms with Gasteiger partial charge in [0.1, 0.15) is 19.0 Å². The van der Waals surface area contributed by atoms with Gasteiger partial charge in [0, 0.05) is 30.0 Å². The monoisotopic (exact) mass is 762 g/mol. The summed E-state index contributed by atoms with van der Waals surface area (Å²) >= 11 is 8.99. The van der Waals surface area contributed by atoms with E-state index in [4.69, 9.17) is 22.6 Å². The Morgan fingerprint density at radius 3 is 1.85 bits per heavy atom. The lowest BCUT2D eigenvalue weighted by atomic mass is 9.45. The smallest absolute Gasteiger partial charge is 0.122 e. The molecule has 0 bridgehead atoms. The van der Waals surface area contributed by atoms with Gasteiger partial charge in [-0.2, -0.15) is 25.3 Å². The Morgan fingerprint density at radius 1 is 0.769 bits per heavy atom. The summed E-state index contributed by atoms with van der Waals surface area (Å²) in [5, 5.41) is -0.0226. The number of rotatable bonds is 29. The van der Waals surface area contributed by atoms with E-state index in [2.05, 4.69) is 140 Å². The van der Waals surface area contributed by atoms with Crippen LogP contribution >= 0.6 is 25.3 Å². The molecule has 0 rings (SSSR count). The fourth-order valence-electron chi connectivity index (χ4n) is 7.94. The van der Waals surface area contributed by atoms with Gasteiger partial charge in [0.05, 0.1) is 11.0 Å². The molecule has 0 radical (unpaired) electrons. The third-order valence-corrected chi connectivity index (χ3v) is 14.3. The van der Waals surface area contributed by atoms with Gasteiger partial charge in [-0.15, -0.1) is 6.58 Å². The normalized spacial score (nSPS) is 16.2. The summed E-state index contributed by atoms with van der Waals surface area (Å²) < 4.78 is 12.5. The third kappa shape index (κ3) is 14.1. The summed E-state index contributed by atoms with van der Waals surface area (Å²) in [7, 11) is 0. The molecular formula is C47H87NO2S2. The van der Waals surface area contributed by atoms with E-state index in [-0.39, 0.29) is 37.7 Å². The number of unbranched alkanes of at least 4 members (excludes halogenated alkanes) is 2. The minimum atomic E-state index is -0.321. The highest BCUT2D eigenvalue weighted by molar-refractivity contribution is 7.81. The number of hydrogen-bond acceptors (Lipinski definition) is 5. The minimum absolute atomic E-state index is 0.0226. The van der Waals surface area contributed by atoms with E-state index in [0.717, 1.165) is 69.5 Å². The molecule has 0 saturated heterocycles. The molecule has 0 saturated carbocycles. The van der Waals surface area contributed by atoms with Crippen molar-refractivity contribution in [3.8, 4) is 0 Å². The van der Waals surface area contributed by atoms with E-state index < -0.39 is 0 Å². The Kier molecular flexibility index (Phi) is 21.3. The van der Waals surface area contributed by atoms with Gasteiger partial charge in [0.15, 0.2) is 0 Å². The zero-order chi connectivity index (χ0) is 40.8. The zero-order valence-electron chi connectivity index (χ0n) is 37.0. The Bertz CT molecular complexity index is 1140. The van der Waals surface area contributed by atoms with Gasteiger partial charge >= 0.3 is 0 Å². The van der Waals surface area contributed by atoms with Crippen molar-refractivity contribution in [1.29, 1.82) is 0 Å². The van der Waals surface area contributed by atoms with Gasteiger partial charge in [0.2, 0.25) is 0 Å². The van der Waals surface area contributed by atoms with Gasteiger partial charge in [-0.05, 0) is 84.9 Å². The van der Waals surface area contributed by atoms with Crippen LogP contribution in [0.4, 0.5) is 0 Å². The van der Waals surface area contributed by atoms with Crippen LogP contribution in [0.1, 0.15) is 161 Å². The molecule has 0 aliphatic carbocycles. The molecule has 0 aromatic rings. The molecule has 0 N–H and O–H groups in total. The molecule has 3 nitrogen and oxygen atoms in total. The minimum Gasteiger partial charge on any atom is -0.494 e. The predicted octanol–water partition coefficient (Wildman–Crippen LogP) is 14.5. The van der Waals surface area contributed by atoms with Crippen molar-refractivity contribution in [2.75, 3.05) is 32.1 Å². The molecule has 0 aromatic heterocycles. The van der Waals surface area contributed by atoms with Crippen LogP contribution in [-0.2, 0) is 9.47 Å². The largest absolute Gasteiger partial charge is 0.494 e.